The number of piperidine rings is 1. The minimum absolute atomic E-state index is 0.00833. The van der Waals surface area contributed by atoms with Gasteiger partial charge in [-0.1, -0.05) is 30.3 Å². The minimum Gasteiger partial charge on any atom is -0.493 e. The standard InChI is InChI=1S/C25H28N2O6/c1-16-22-18(14-21(30-3)23(16)32-19-9-11-27(2)12-10-19)13-20(24(28)33-22)26-25(29)31-15-17-7-5-4-6-8-17/h4-8,13-14,19H,9-12,15H2,1-3H3,(H,26,29). The van der Waals surface area contributed by atoms with E-state index in [1.807, 2.05) is 37.3 Å². The first-order valence-corrected chi connectivity index (χ1v) is 10.9. The summed E-state index contributed by atoms with van der Waals surface area (Å²) in [5.74, 6) is 1.12. The average Bonchev–Trinajstić information content (AvgIpc) is 2.82. The topological polar surface area (TPSA) is 90.2 Å². The predicted octanol–water partition coefficient (Wildman–Crippen LogP) is 4.33. The van der Waals surface area contributed by atoms with Crippen LogP contribution in [-0.4, -0.2) is 44.3 Å². The summed E-state index contributed by atoms with van der Waals surface area (Å²) in [6, 6.07) is 12.6. The lowest BCUT2D eigenvalue weighted by Gasteiger charge is -2.30. The van der Waals surface area contributed by atoms with Crippen molar-refractivity contribution in [3.8, 4) is 11.5 Å². The Balaban J connectivity index is 1.55. The van der Waals surface area contributed by atoms with Gasteiger partial charge < -0.3 is 23.5 Å². The van der Waals surface area contributed by atoms with Crippen LogP contribution in [0.4, 0.5) is 10.5 Å². The number of carbonyl (C=O) groups is 1. The maximum absolute atomic E-state index is 12.6. The van der Waals surface area contributed by atoms with Crippen LogP contribution in [0.25, 0.3) is 11.0 Å². The summed E-state index contributed by atoms with van der Waals surface area (Å²) in [5.41, 5.74) is 1.24. The lowest BCUT2D eigenvalue weighted by atomic mass is 10.1. The molecule has 8 heteroatoms. The molecule has 0 saturated carbocycles. The van der Waals surface area contributed by atoms with Gasteiger partial charge in [-0.2, -0.15) is 0 Å². The second-order valence-corrected chi connectivity index (χ2v) is 8.21. The Kier molecular flexibility index (Phi) is 6.84. The summed E-state index contributed by atoms with van der Waals surface area (Å²) in [4.78, 5) is 27.0. The number of likely N-dealkylation sites (tertiary alicyclic amines) is 1. The predicted molar refractivity (Wildman–Crippen MR) is 125 cm³/mol. The normalized spacial score (nSPS) is 14.8. The molecule has 2 heterocycles. The molecule has 0 atom stereocenters. The van der Waals surface area contributed by atoms with Crippen LogP contribution >= 0.6 is 0 Å². The van der Waals surface area contributed by atoms with Crippen LogP contribution in [0.2, 0.25) is 0 Å². The summed E-state index contributed by atoms with van der Waals surface area (Å²) in [7, 11) is 3.66. The zero-order valence-electron chi connectivity index (χ0n) is 19.1. The molecule has 1 aromatic heterocycles. The van der Waals surface area contributed by atoms with Crippen LogP contribution in [0.15, 0.2) is 51.7 Å². The van der Waals surface area contributed by atoms with E-state index in [0.29, 0.717) is 28.0 Å². The van der Waals surface area contributed by atoms with E-state index >= 15 is 0 Å². The van der Waals surface area contributed by atoms with Crippen molar-refractivity contribution in [2.75, 3.05) is 32.6 Å². The molecule has 33 heavy (non-hydrogen) atoms. The van der Waals surface area contributed by atoms with Gasteiger partial charge in [0.15, 0.2) is 11.5 Å². The van der Waals surface area contributed by atoms with Crippen molar-refractivity contribution in [1.82, 2.24) is 4.90 Å². The van der Waals surface area contributed by atoms with Gasteiger partial charge >= 0.3 is 11.7 Å². The summed E-state index contributed by atoms with van der Waals surface area (Å²) >= 11 is 0. The number of methoxy groups -OCH3 is 1. The number of anilines is 1. The van der Waals surface area contributed by atoms with Gasteiger partial charge in [-0.3, -0.25) is 5.32 Å². The molecule has 1 N–H and O–H groups in total. The van der Waals surface area contributed by atoms with Crippen LogP contribution < -0.4 is 20.4 Å². The quantitative estimate of drug-likeness (QED) is 0.557. The fourth-order valence-electron chi connectivity index (χ4n) is 3.91. The molecule has 174 valence electrons. The second-order valence-electron chi connectivity index (χ2n) is 8.21. The third-order valence-electron chi connectivity index (χ3n) is 5.79. The van der Waals surface area contributed by atoms with Gasteiger partial charge in [-0.05, 0) is 44.5 Å². The number of nitrogens with zero attached hydrogens (tertiary/aromatic N) is 1. The molecule has 1 aliphatic rings. The molecule has 4 rings (SSSR count). The first-order chi connectivity index (χ1) is 15.9. The fourth-order valence-corrected chi connectivity index (χ4v) is 3.91. The van der Waals surface area contributed by atoms with E-state index in [-0.39, 0.29) is 18.4 Å². The smallest absolute Gasteiger partial charge is 0.412 e. The Morgan fingerprint density at radius 2 is 1.91 bits per heavy atom. The van der Waals surface area contributed by atoms with E-state index in [2.05, 4.69) is 17.3 Å². The molecular weight excluding hydrogens is 424 g/mol. The van der Waals surface area contributed by atoms with Gasteiger partial charge in [0, 0.05) is 24.0 Å². The highest BCUT2D eigenvalue weighted by Crippen LogP contribution is 2.38. The number of rotatable bonds is 6. The Bertz CT molecular complexity index is 1180. The molecule has 1 fully saturated rings. The van der Waals surface area contributed by atoms with Crippen molar-refractivity contribution in [3.63, 3.8) is 0 Å². The van der Waals surface area contributed by atoms with Crippen molar-refractivity contribution < 1.29 is 23.4 Å². The molecule has 2 aromatic carbocycles. The van der Waals surface area contributed by atoms with Crippen LogP contribution in [0.1, 0.15) is 24.0 Å². The number of carbonyl (C=O) groups excluding carboxylic acids is 1. The third-order valence-corrected chi connectivity index (χ3v) is 5.79. The minimum atomic E-state index is -0.739. The zero-order valence-corrected chi connectivity index (χ0v) is 19.1. The highest BCUT2D eigenvalue weighted by atomic mass is 16.5. The monoisotopic (exact) mass is 452 g/mol. The molecular formula is C25H28N2O6. The van der Waals surface area contributed by atoms with E-state index in [4.69, 9.17) is 18.6 Å². The van der Waals surface area contributed by atoms with Gasteiger partial charge in [0.2, 0.25) is 0 Å². The fraction of sp³-hybridized carbons (Fsp3) is 0.360. The molecule has 0 bridgehead atoms. The maximum Gasteiger partial charge on any atom is 0.412 e. The number of aryl methyl sites for hydroxylation is 1. The molecule has 1 amide bonds. The largest absolute Gasteiger partial charge is 0.493 e. The second kappa shape index (κ2) is 9.95. The van der Waals surface area contributed by atoms with Gasteiger partial charge in [0.25, 0.3) is 0 Å². The molecule has 3 aromatic rings. The van der Waals surface area contributed by atoms with Crippen LogP contribution in [0.5, 0.6) is 11.5 Å². The molecule has 1 aliphatic heterocycles. The number of hydrogen-bond donors (Lipinski definition) is 1. The van der Waals surface area contributed by atoms with Crippen LogP contribution in [0.3, 0.4) is 0 Å². The molecule has 0 radical (unpaired) electrons. The lowest BCUT2D eigenvalue weighted by molar-refractivity contribution is 0.110. The summed E-state index contributed by atoms with van der Waals surface area (Å²) in [6.45, 7) is 3.85. The lowest BCUT2D eigenvalue weighted by Crippen LogP contribution is -2.35. The number of fused-ring (bicyclic) bond motifs is 1. The first kappa shape index (κ1) is 22.7. The maximum atomic E-state index is 12.6. The number of benzene rings is 2. The van der Waals surface area contributed by atoms with E-state index in [0.717, 1.165) is 31.5 Å². The molecule has 8 nitrogen and oxygen atoms in total. The average molecular weight is 453 g/mol. The number of nitrogens with one attached hydrogen (secondary N) is 1. The third kappa shape index (κ3) is 5.28. The summed E-state index contributed by atoms with van der Waals surface area (Å²) in [5, 5.41) is 3.08. The Morgan fingerprint density at radius 3 is 2.61 bits per heavy atom. The van der Waals surface area contributed by atoms with Gasteiger partial charge in [0.1, 0.15) is 24.0 Å². The highest BCUT2D eigenvalue weighted by Gasteiger charge is 2.23. The van der Waals surface area contributed by atoms with Crippen molar-refractivity contribution in [1.29, 1.82) is 0 Å². The molecule has 1 saturated heterocycles. The Morgan fingerprint density at radius 1 is 1.18 bits per heavy atom. The molecule has 0 spiro atoms. The number of amides is 1. The summed E-state index contributed by atoms with van der Waals surface area (Å²) < 4.78 is 22.6. The summed E-state index contributed by atoms with van der Waals surface area (Å²) in [6.07, 6.45) is 1.15. The number of hydrogen-bond acceptors (Lipinski definition) is 7. The zero-order chi connectivity index (χ0) is 23.4. The SMILES string of the molecule is COc1cc2cc(NC(=O)OCc3ccccc3)c(=O)oc2c(C)c1OC1CCN(C)CC1. The Hall–Kier alpha value is -3.52. The van der Waals surface area contributed by atoms with Crippen molar-refractivity contribution in [2.45, 2.75) is 32.5 Å². The van der Waals surface area contributed by atoms with E-state index in [1.54, 1.807) is 19.2 Å². The van der Waals surface area contributed by atoms with Crippen molar-refractivity contribution >= 4 is 22.7 Å². The van der Waals surface area contributed by atoms with Gasteiger partial charge in [0.05, 0.1) is 7.11 Å². The number of ether oxygens (including phenoxy) is 3. The van der Waals surface area contributed by atoms with Crippen LogP contribution in [0, 0.1) is 6.92 Å². The van der Waals surface area contributed by atoms with Crippen LogP contribution in [-0.2, 0) is 11.3 Å². The van der Waals surface area contributed by atoms with E-state index < -0.39 is 11.7 Å². The van der Waals surface area contributed by atoms with E-state index in [9.17, 15) is 9.59 Å². The van der Waals surface area contributed by atoms with Gasteiger partial charge in [-0.15, -0.1) is 0 Å². The van der Waals surface area contributed by atoms with Crippen molar-refractivity contribution in [3.05, 3.63) is 64.0 Å². The van der Waals surface area contributed by atoms with E-state index in [1.165, 1.54) is 0 Å². The molecule has 0 aliphatic carbocycles. The highest BCUT2D eigenvalue weighted by molar-refractivity contribution is 5.90. The molecule has 0 unspecified atom stereocenters. The first-order valence-electron chi connectivity index (χ1n) is 10.9. The van der Waals surface area contributed by atoms with Gasteiger partial charge in [-0.25, -0.2) is 9.59 Å². The Labute approximate surface area is 192 Å². The van der Waals surface area contributed by atoms with Crippen molar-refractivity contribution in [2.24, 2.45) is 0 Å².